The van der Waals surface area contributed by atoms with Crippen LogP contribution in [0.4, 0.5) is 17.6 Å². The van der Waals surface area contributed by atoms with Crippen LogP contribution in [-0.4, -0.2) is 15.9 Å². The SMILES string of the molecule is CC(C)C(NC(=O)c1cc(=O)[nH]c(-c2ccccc2)n1)c1ccc(C(F)(F)F)c(F)c1. The largest absolute Gasteiger partial charge is 0.419 e. The summed E-state index contributed by atoms with van der Waals surface area (Å²) in [6.45, 7) is 3.45. The number of carbonyl (C=O) groups excluding carboxylic acids is 1. The summed E-state index contributed by atoms with van der Waals surface area (Å²) in [6.07, 6.45) is -4.82. The molecule has 2 aromatic carbocycles. The molecule has 3 aromatic rings. The number of nitrogens with one attached hydrogen (secondary N) is 2. The molecule has 3 rings (SSSR count). The van der Waals surface area contributed by atoms with Crippen LogP contribution in [0.2, 0.25) is 0 Å². The van der Waals surface area contributed by atoms with Crippen LogP contribution in [0.1, 0.15) is 41.5 Å². The third kappa shape index (κ3) is 5.17. The Kier molecular flexibility index (Phi) is 6.24. The highest BCUT2D eigenvalue weighted by Gasteiger charge is 2.34. The molecular weight excluding hydrogens is 414 g/mol. The Labute approximate surface area is 175 Å². The zero-order chi connectivity index (χ0) is 22.8. The van der Waals surface area contributed by atoms with Gasteiger partial charge in [-0.05, 0) is 23.6 Å². The highest BCUT2D eigenvalue weighted by atomic mass is 19.4. The second-order valence-electron chi connectivity index (χ2n) is 7.28. The van der Waals surface area contributed by atoms with Crippen LogP contribution in [0.15, 0.2) is 59.4 Å². The fraction of sp³-hybridized carbons (Fsp3) is 0.227. The number of aromatic amines is 1. The van der Waals surface area contributed by atoms with Crippen LogP contribution in [0, 0.1) is 11.7 Å². The topological polar surface area (TPSA) is 74.8 Å². The number of benzene rings is 2. The molecule has 1 aromatic heterocycles. The molecule has 1 amide bonds. The van der Waals surface area contributed by atoms with Gasteiger partial charge in [-0.15, -0.1) is 0 Å². The monoisotopic (exact) mass is 433 g/mol. The zero-order valence-corrected chi connectivity index (χ0v) is 16.6. The normalized spacial score (nSPS) is 12.6. The van der Waals surface area contributed by atoms with Gasteiger partial charge in [0.05, 0.1) is 11.6 Å². The maximum atomic E-state index is 14.0. The molecule has 0 aliphatic heterocycles. The van der Waals surface area contributed by atoms with Gasteiger partial charge in [0.1, 0.15) is 17.3 Å². The lowest BCUT2D eigenvalue weighted by atomic mass is 9.94. The van der Waals surface area contributed by atoms with Crippen molar-refractivity contribution in [2.75, 3.05) is 0 Å². The molecule has 9 heteroatoms. The molecule has 1 unspecified atom stereocenters. The molecule has 162 valence electrons. The van der Waals surface area contributed by atoms with E-state index in [1.807, 2.05) is 0 Å². The molecule has 0 aliphatic carbocycles. The van der Waals surface area contributed by atoms with Gasteiger partial charge in [0, 0.05) is 11.6 Å². The predicted molar refractivity (Wildman–Crippen MR) is 107 cm³/mol. The average molecular weight is 433 g/mol. The number of rotatable bonds is 5. The highest BCUT2D eigenvalue weighted by Crippen LogP contribution is 2.33. The number of halogens is 4. The number of alkyl halides is 3. The number of amides is 1. The van der Waals surface area contributed by atoms with Crippen LogP contribution in [-0.2, 0) is 6.18 Å². The summed E-state index contributed by atoms with van der Waals surface area (Å²) in [7, 11) is 0. The Balaban J connectivity index is 1.91. The molecule has 0 bridgehead atoms. The molecule has 0 saturated heterocycles. The van der Waals surface area contributed by atoms with Crippen LogP contribution in [0.3, 0.4) is 0 Å². The molecule has 0 spiro atoms. The summed E-state index contributed by atoms with van der Waals surface area (Å²) in [5.41, 5.74) is -1.32. The number of H-pyrrole nitrogens is 1. The standard InChI is InChI=1S/C22H19F4N3O2/c1-12(2)19(14-8-9-15(16(23)10-14)22(24,25)26)29-21(31)17-11-18(30)28-20(27-17)13-6-4-3-5-7-13/h3-12,19H,1-2H3,(H,29,31)(H,27,28,30). The number of hydrogen-bond acceptors (Lipinski definition) is 3. The first-order chi connectivity index (χ1) is 14.6. The smallest absolute Gasteiger partial charge is 0.344 e. The molecule has 1 atom stereocenters. The summed E-state index contributed by atoms with van der Waals surface area (Å²) in [4.78, 5) is 31.5. The fourth-order valence-electron chi connectivity index (χ4n) is 3.11. The van der Waals surface area contributed by atoms with Gasteiger partial charge in [0.2, 0.25) is 0 Å². The summed E-state index contributed by atoms with van der Waals surface area (Å²) >= 11 is 0. The molecule has 0 radical (unpaired) electrons. The van der Waals surface area contributed by atoms with Crippen molar-refractivity contribution in [2.24, 2.45) is 5.92 Å². The number of aromatic nitrogens is 2. The number of carbonyl (C=O) groups is 1. The lowest BCUT2D eigenvalue weighted by molar-refractivity contribution is -0.140. The summed E-state index contributed by atoms with van der Waals surface area (Å²) in [5.74, 6) is -2.22. The lowest BCUT2D eigenvalue weighted by Gasteiger charge is -2.23. The molecule has 2 N–H and O–H groups in total. The van der Waals surface area contributed by atoms with E-state index in [2.05, 4.69) is 15.3 Å². The van der Waals surface area contributed by atoms with Gasteiger partial charge in [-0.3, -0.25) is 9.59 Å². The van der Waals surface area contributed by atoms with Crippen LogP contribution in [0.25, 0.3) is 11.4 Å². The Morgan fingerprint density at radius 1 is 1.06 bits per heavy atom. The van der Waals surface area contributed by atoms with E-state index in [9.17, 15) is 27.2 Å². The second-order valence-corrected chi connectivity index (χ2v) is 7.28. The minimum atomic E-state index is -4.82. The van der Waals surface area contributed by atoms with E-state index in [4.69, 9.17) is 0 Å². The van der Waals surface area contributed by atoms with Crippen molar-refractivity contribution in [2.45, 2.75) is 26.1 Å². The lowest BCUT2D eigenvalue weighted by Crippen LogP contribution is -2.33. The third-order valence-corrected chi connectivity index (χ3v) is 4.63. The molecule has 5 nitrogen and oxygen atoms in total. The van der Waals surface area contributed by atoms with Gasteiger partial charge in [-0.25, -0.2) is 9.37 Å². The van der Waals surface area contributed by atoms with Crippen molar-refractivity contribution < 1.29 is 22.4 Å². The summed E-state index contributed by atoms with van der Waals surface area (Å²) < 4.78 is 52.5. The number of hydrogen-bond donors (Lipinski definition) is 2. The third-order valence-electron chi connectivity index (χ3n) is 4.63. The summed E-state index contributed by atoms with van der Waals surface area (Å²) in [6, 6.07) is 11.4. The Morgan fingerprint density at radius 2 is 1.74 bits per heavy atom. The Bertz CT molecular complexity index is 1140. The van der Waals surface area contributed by atoms with Crippen molar-refractivity contribution in [1.29, 1.82) is 0 Å². The van der Waals surface area contributed by atoms with E-state index in [1.165, 1.54) is 0 Å². The first kappa shape index (κ1) is 22.2. The quantitative estimate of drug-likeness (QED) is 0.572. The van der Waals surface area contributed by atoms with Crippen LogP contribution >= 0.6 is 0 Å². The Morgan fingerprint density at radius 3 is 2.32 bits per heavy atom. The molecular formula is C22H19F4N3O2. The summed E-state index contributed by atoms with van der Waals surface area (Å²) in [5, 5.41) is 2.64. The van der Waals surface area contributed by atoms with Gasteiger partial charge in [0.25, 0.3) is 11.5 Å². The highest BCUT2D eigenvalue weighted by molar-refractivity contribution is 5.92. The predicted octanol–water partition coefficient (Wildman–Crippen LogP) is 4.72. The minimum absolute atomic E-state index is 0.166. The van der Waals surface area contributed by atoms with E-state index in [1.54, 1.807) is 44.2 Å². The first-order valence-electron chi connectivity index (χ1n) is 9.40. The molecule has 0 saturated carbocycles. The van der Waals surface area contributed by atoms with Gasteiger partial charge in [-0.2, -0.15) is 13.2 Å². The minimum Gasteiger partial charge on any atom is -0.344 e. The van der Waals surface area contributed by atoms with Crippen molar-refractivity contribution in [1.82, 2.24) is 15.3 Å². The molecule has 1 heterocycles. The average Bonchev–Trinajstić information content (AvgIpc) is 2.70. The van der Waals surface area contributed by atoms with Crippen molar-refractivity contribution >= 4 is 5.91 Å². The van der Waals surface area contributed by atoms with Gasteiger partial charge >= 0.3 is 6.18 Å². The van der Waals surface area contributed by atoms with E-state index < -0.39 is 35.1 Å². The molecule has 0 fully saturated rings. The first-order valence-corrected chi connectivity index (χ1v) is 9.40. The van der Waals surface area contributed by atoms with Crippen LogP contribution < -0.4 is 10.9 Å². The maximum Gasteiger partial charge on any atom is 0.419 e. The molecule has 31 heavy (non-hydrogen) atoms. The van der Waals surface area contributed by atoms with Crippen LogP contribution in [0.5, 0.6) is 0 Å². The fourth-order valence-corrected chi connectivity index (χ4v) is 3.11. The molecule has 0 aliphatic rings. The van der Waals surface area contributed by atoms with Crippen molar-refractivity contribution in [3.05, 3.63) is 87.6 Å². The van der Waals surface area contributed by atoms with Gasteiger partial charge in [0.15, 0.2) is 0 Å². The van der Waals surface area contributed by atoms with Crippen molar-refractivity contribution in [3.8, 4) is 11.4 Å². The van der Waals surface area contributed by atoms with E-state index in [-0.39, 0.29) is 23.0 Å². The van der Waals surface area contributed by atoms with E-state index in [0.29, 0.717) is 11.6 Å². The number of nitrogens with zero attached hydrogens (tertiary/aromatic N) is 1. The van der Waals surface area contributed by atoms with Crippen molar-refractivity contribution in [3.63, 3.8) is 0 Å². The zero-order valence-electron chi connectivity index (χ0n) is 16.6. The second kappa shape index (κ2) is 8.71. The maximum absolute atomic E-state index is 14.0. The van der Waals surface area contributed by atoms with E-state index in [0.717, 1.165) is 18.2 Å². The Hall–Kier alpha value is -3.49. The van der Waals surface area contributed by atoms with E-state index >= 15 is 0 Å². The van der Waals surface area contributed by atoms with Gasteiger partial charge < -0.3 is 10.3 Å². The van der Waals surface area contributed by atoms with Gasteiger partial charge in [-0.1, -0.05) is 50.2 Å².